The third-order valence-corrected chi connectivity index (χ3v) is 2.08. The van der Waals surface area contributed by atoms with Crippen LogP contribution < -0.4 is 4.74 Å². The van der Waals surface area contributed by atoms with E-state index in [1.807, 2.05) is 32.0 Å². The molecule has 0 saturated carbocycles. The van der Waals surface area contributed by atoms with E-state index < -0.39 is 12.4 Å². The fourth-order valence-electron chi connectivity index (χ4n) is 1.37. The van der Waals surface area contributed by atoms with Gasteiger partial charge in [0.25, 0.3) is 0 Å². The Morgan fingerprint density at radius 2 is 1.71 bits per heavy atom. The molecule has 0 aliphatic rings. The number of ether oxygens (including phenoxy) is 3. The highest BCUT2D eigenvalue weighted by molar-refractivity contribution is 5.57. The van der Waals surface area contributed by atoms with Crippen molar-refractivity contribution in [2.75, 3.05) is 13.2 Å². The van der Waals surface area contributed by atoms with Gasteiger partial charge >= 0.3 is 0 Å². The van der Waals surface area contributed by atoms with Gasteiger partial charge in [0.1, 0.15) is 5.75 Å². The summed E-state index contributed by atoms with van der Waals surface area (Å²) >= 11 is 0. The first kappa shape index (κ1) is 13.7. The monoisotopic (exact) mass is 238 g/mol. The third-order valence-electron chi connectivity index (χ3n) is 2.08. The van der Waals surface area contributed by atoms with Gasteiger partial charge in [0.2, 0.25) is 12.4 Å². The molecule has 0 bridgehead atoms. The molecule has 0 amide bonds. The van der Waals surface area contributed by atoms with E-state index in [9.17, 15) is 4.79 Å². The van der Waals surface area contributed by atoms with E-state index in [4.69, 9.17) is 14.2 Å². The second-order valence-electron chi connectivity index (χ2n) is 3.31. The average Bonchev–Trinajstić information content (AvgIpc) is 2.37. The van der Waals surface area contributed by atoms with E-state index in [-0.39, 0.29) is 0 Å². The Kier molecular flexibility index (Phi) is 6.29. The highest BCUT2D eigenvalue weighted by Crippen LogP contribution is 2.13. The van der Waals surface area contributed by atoms with Gasteiger partial charge in [-0.1, -0.05) is 18.2 Å². The Bertz CT molecular complexity index is 306. The quantitative estimate of drug-likeness (QED) is 0.513. The van der Waals surface area contributed by atoms with Gasteiger partial charge in [-0.2, -0.15) is 0 Å². The van der Waals surface area contributed by atoms with E-state index in [1.165, 1.54) is 0 Å². The zero-order valence-electron chi connectivity index (χ0n) is 10.2. The summed E-state index contributed by atoms with van der Waals surface area (Å²) in [6.07, 6.45) is -0.719. The third kappa shape index (κ3) is 4.54. The van der Waals surface area contributed by atoms with Gasteiger partial charge in [0.15, 0.2) is 6.29 Å². The van der Waals surface area contributed by atoms with E-state index in [0.29, 0.717) is 25.2 Å². The SMILES string of the molecule is CCOC(OCC)C(C=O)Oc1ccccc1. The van der Waals surface area contributed by atoms with Crippen molar-refractivity contribution in [1.29, 1.82) is 0 Å². The molecule has 17 heavy (non-hydrogen) atoms. The summed E-state index contributed by atoms with van der Waals surface area (Å²) < 4.78 is 16.2. The summed E-state index contributed by atoms with van der Waals surface area (Å²) in [5.41, 5.74) is 0. The van der Waals surface area contributed by atoms with Gasteiger partial charge in [-0.15, -0.1) is 0 Å². The minimum atomic E-state index is -0.753. The van der Waals surface area contributed by atoms with Crippen LogP contribution in [-0.2, 0) is 14.3 Å². The van der Waals surface area contributed by atoms with Crippen LogP contribution in [0, 0.1) is 0 Å². The van der Waals surface area contributed by atoms with Gasteiger partial charge in [-0.25, -0.2) is 0 Å². The van der Waals surface area contributed by atoms with Crippen molar-refractivity contribution in [1.82, 2.24) is 0 Å². The second-order valence-corrected chi connectivity index (χ2v) is 3.31. The highest BCUT2D eigenvalue weighted by Gasteiger charge is 2.23. The smallest absolute Gasteiger partial charge is 0.204 e. The second kappa shape index (κ2) is 7.81. The summed E-state index contributed by atoms with van der Waals surface area (Å²) in [5.74, 6) is 0.619. The molecule has 0 aliphatic carbocycles. The largest absolute Gasteiger partial charge is 0.478 e. The molecule has 1 aromatic carbocycles. The van der Waals surface area contributed by atoms with Gasteiger partial charge in [0, 0.05) is 13.2 Å². The molecule has 0 aromatic heterocycles. The van der Waals surface area contributed by atoms with Crippen LogP contribution in [-0.4, -0.2) is 31.9 Å². The molecule has 0 heterocycles. The lowest BCUT2D eigenvalue weighted by molar-refractivity contribution is -0.181. The predicted molar refractivity (Wildman–Crippen MR) is 64.0 cm³/mol. The number of hydrogen-bond donors (Lipinski definition) is 0. The van der Waals surface area contributed by atoms with Crippen LogP contribution in [0.5, 0.6) is 5.75 Å². The number of para-hydroxylation sites is 1. The van der Waals surface area contributed by atoms with E-state index >= 15 is 0 Å². The Morgan fingerprint density at radius 3 is 2.18 bits per heavy atom. The van der Waals surface area contributed by atoms with Crippen molar-refractivity contribution in [3.63, 3.8) is 0 Å². The molecule has 1 rings (SSSR count). The number of hydrogen-bond acceptors (Lipinski definition) is 4. The number of carbonyl (C=O) groups excluding carboxylic acids is 1. The standard InChI is InChI=1S/C13H18O4/c1-3-15-13(16-4-2)12(10-14)17-11-8-6-5-7-9-11/h5-10,12-13H,3-4H2,1-2H3. The fraction of sp³-hybridized carbons (Fsp3) is 0.462. The molecular formula is C13H18O4. The molecule has 1 aromatic rings. The lowest BCUT2D eigenvalue weighted by Crippen LogP contribution is -2.37. The van der Waals surface area contributed by atoms with Crippen LogP contribution in [0.1, 0.15) is 13.8 Å². The molecule has 0 saturated heterocycles. The van der Waals surface area contributed by atoms with Crippen LogP contribution in [0.3, 0.4) is 0 Å². The predicted octanol–water partition coefficient (Wildman–Crippen LogP) is 2.03. The van der Waals surface area contributed by atoms with Gasteiger partial charge in [-0.3, -0.25) is 4.79 Å². The first-order valence-electron chi connectivity index (χ1n) is 5.72. The Morgan fingerprint density at radius 1 is 1.12 bits per heavy atom. The van der Waals surface area contributed by atoms with Crippen molar-refractivity contribution in [3.8, 4) is 5.75 Å². The molecular weight excluding hydrogens is 220 g/mol. The van der Waals surface area contributed by atoms with Crippen LogP contribution in [0.15, 0.2) is 30.3 Å². The summed E-state index contributed by atoms with van der Waals surface area (Å²) in [4.78, 5) is 11.0. The van der Waals surface area contributed by atoms with Crippen molar-refractivity contribution in [3.05, 3.63) is 30.3 Å². The zero-order valence-corrected chi connectivity index (χ0v) is 10.2. The Labute approximate surface area is 101 Å². The van der Waals surface area contributed by atoms with E-state index in [2.05, 4.69) is 0 Å². The maximum atomic E-state index is 11.0. The number of carbonyl (C=O) groups is 1. The highest BCUT2D eigenvalue weighted by atomic mass is 16.7. The topological polar surface area (TPSA) is 44.8 Å². The summed E-state index contributed by atoms with van der Waals surface area (Å²) in [5, 5.41) is 0. The zero-order chi connectivity index (χ0) is 12.5. The molecule has 1 atom stereocenters. The first-order chi connectivity index (χ1) is 8.31. The van der Waals surface area contributed by atoms with E-state index in [1.54, 1.807) is 12.1 Å². The Balaban J connectivity index is 2.65. The van der Waals surface area contributed by atoms with Gasteiger partial charge in [-0.05, 0) is 26.0 Å². The number of benzene rings is 1. The molecule has 0 radical (unpaired) electrons. The summed E-state index contributed by atoms with van der Waals surface area (Å²) in [7, 11) is 0. The summed E-state index contributed by atoms with van der Waals surface area (Å²) in [6.45, 7) is 4.62. The maximum absolute atomic E-state index is 11.0. The number of rotatable bonds is 8. The average molecular weight is 238 g/mol. The van der Waals surface area contributed by atoms with Crippen molar-refractivity contribution >= 4 is 6.29 Å². The van der Waals surface area contributed by atoms with Crippen LogP contribution >= 0.6 is 0 Å². The fourth-order valence-corrected chi connectivity index (χ4v) is 1.37. The molecule has 0 spiro atoms. The molecule has 0 fully saturated rings. The molecule has 0 aliphatic heterocycles. The lowest BCUT2D eigenvalue weighted by atomic mass is 10.3. The minimum absolute atomic E-state index is 0.465. The first-order valence-corrected chi connectivity index (χ1v) is 5.72. The van der Waals surface area contributed by atoms with Crippen molar-refractivity contribution in [2.24, 2.45) is 0 Å². The Hall–Kier alpha value is -1.39. The minimum Gasteiger partial charge on any atom is -0.478 e. The van der Waals surface area contributed by atoms with E-state index in [0.717, 1.165) is 0 Å². The van der Waals surface area contributed by atoms with Crippen LogP contribution in [0.2, 0.25) is 0 Å². The molecule has 1 unspecified atom stereocenters. The van der Waals surface area contributed by atoms with Crippen molar-refractivity contribution < 1.29 is 19.0 Å². The number of aldehydes is 1. The lowest BCUT2D eigenvalue weighted by Gasteiger charge is -2.23. The van der Waals surface area contributed by atoms with Gasteiger partial charge < -0.3 is 14.2 Å². The van der Waals surface area contributed by atoms with Crippen LogP contribution in [0.25, 0.3) is 0 Å². The maximum Gasteiger partial charge on any atom is 0.204 e. The van der Waals surface area contributed by atoms with Crippen molar-refractivity contribution in [2.45, 2.75) is 26.2 Å². The molecule has 4 heteroatoms. The molecule has 94 valence electrons. The molecule has 0 N–H and O–H groups in total. The normalized spacial score (nSPS) is 12.4. The molecule has 4 nitrogen and oxygen atoms in total. The summed E-state index contributed by atoms with van der Waals surface area (Å²) in [6, 6.07) is 9.13. The van der Waals surface area contributed by atoms with Gasteiger partial charge in [0.05, 0.1) is 0 Å². The van der Waals surface area contributed by atoms with Crippen LogP contribution in [0.4, 0.5) is 0 Å².